The summed E-state index contributed by atoms with van der Waals surface area (Å²) in [5.41, 5.74) is 7.45. The highest BCUT2D eigenvalue weighted by Crippen LogP contribution is 2.41. The molecule has 1 aromatic rings. The number of rotatable bonds is 3. The van der Waals surface area contributed by atoms with Crippen molar-refractivity contribution in [3.8, 4) is 0 Å². The molecule has 0 bridgehead atoms. The summed E-state index contributed by atoms with van der Waals surface area (Å²) in [4.78, 5) is 14.6. The Bertz CT molecular complexity index is 539. The number of likely N-dealkylation sites (tertiary alicyclic amines) is 1. The molecule has 1 atom stereocenters. The zero-order valence-corrected chi connectivity index (χ0v) is 13.3. The van der Waals surface area contributed by atoms with Gasteiger partial charge < -0.3 is 10.6 Å². The highest BCUT2D eigenvalue weighted by Gasteiger charge is 2.34. The minimum atomic E-state index is -0.0821. The van der Waals surface area contributed by atoms with E-state index in [-0.39, 0.29) is 11.4 Å². The Hall–Kier alpha value is -1.36. The largest absolute Gasteiger partial charge is 0.337 e. The van der Waals surface area contributed by atoms with Crippen molar-refractivity contribution in [2.75, 3.05) is 19.6 Å². The molecule has 1 aliphatic heterocycles. The topological polar surface area (TPSA) is 64.2 Å². The van der Waals surface area contributed by atoms with Crippen molar-refractivity contribution in [2.45, 2.75) is 51.5 Å². The fraction of sp³-hybridized carbons (Fsp3) is 0.750. The van der Waals surface area contributed by atoms with Gasteiger partial charge in [0.2, 0.25) is 0 Å². The Morgan fingerprint density at radius 2 is 2.10 bits per heavy atom. The normalized spacial score (nSPS) is 22.9. The van der Waals surface area contributed by atoms with Crippen LogP contribution in [0, 0.1) is 5.92 Å². The predicted molar refractivity (Wildman–Crippen MR) is 82.3 cm³/mol. The molecule has 1 amide bonds. The average molecular weight is 290 g/mol. The van der Waals surface area contributed by atoms with E-state index in [1.54, 1.807) is 0 Å². The first kappa shape index (κ1) is 14.6. The molecule has 116 valence electrons. The maximum absolute atomic E-state index is 12.7. The van der Waals surface area contributed by atoms with Crippen molar-refractivity contribution < 1.29 is 4.79 Å². The highest BCUT2D eigenvalue weighted by molar-refractivity contribution is 5.92. The Kier molecular flexibility index (Phi) is 3.56. The SMILES string of the molecule is CC(C)(C)n1nc(C(=O)N2CCC(CN)C2)cc1C1CC1. The van der Waals surface area contributed by atoms with Crippen molar-refractivity contribution in [2.24, 2.45) is 11.7 Å². The molecule has 2 aliphatic rings. The summed E-state index contributed by atoms with van der Waals surface area (Å²) in [6.45, 7) is 8.66. The molecule has 0 aromatic carbocycles. The van der Waals surface area contributed by atoms with Crippen LogP contribution in [-0.2, 0) is 5.54 Å². The zero-order chi connectivity index (χ0) is 15.2. The van der Waals surface area contributed by atoms with Crippen LogP contribution in [0.25, 0.3) is 0 Å². The van der Waals surface area contributed by atoms with Crippen LogP contribution >= 0.6 is 0 Å². The third-order valence-corrected chi connectivity index (χ3v) is 4.49. The van der Waals surface area contributed by atoms with Crippen molar-refractivity contribution in [1.29, 1.82) is 0 Å². The number of nitrogens with two attached hydrogens (primary N) is 1. The van der Waals surface area contributed by atoms with Crippen LogP contribution in [0.5, 0.6) is 0 Å². The summed E-state index contributed by atoms with van der Waals surface area (Å²) in [7, 11) is 0. The summed E-state index contributed by atoms with van der Waals surface area (Å²) < 4.78 is 2.05. The van der Waals surface area contributed by atoms with E-state index in [2.05, 4.69) is 25.9 Å². The smallest absolute Gasteiger partial charge is 0.274 e. The molecule has 5 heteroatoms. The molecule has 1 aromatic heterocycles. The molecule has 2 heterocycles. The summed E-state index contributed by atoms with van der Waals surface area (Å²) >= 11 is 0. The van der Waals surface area contributed by atoms with E-state index in [1.165, 1.54) is 18.5 Å². The quantitative estimate of drug-likeness (QED) is 0.925. The number of carbonyl (C=O) groups is 1. The van der Waals surface area contributed by atoms with Crippen molar-refractivity contribution >= 4 is 5.91 Å². The van der Waals surface area contributed by atoms with Gasteiger partial charge >= 0.3 is 0 Å². The maximum Gasteiger partial charge on any atom is 0.274 e. The van der Waals surface area contributed by atoms with Gasteiger partial charge in [0.05, 0.1) is 5.54 Å². The van der Waals surface area contributed by atoms with Gasteiger partial charge in [-0.15, -0.1) is 0 Å². The lowest BCUT2D eigenvalue weighted by Gasteiger charge is -2.22. The van der Waals surface area contributed by atoms with Crippen LogP contribution in [0.4, 0.5) is 0 Å². The van der Waals surface area contributed by atoms with Gasteiger partial charge in [0, 0.05) is 24.7 Å². The lowest BCUT2D eigenvalue weighted by atomic mass is 10.1. The van der Waals surface area contributed by atoms with Crippen LogP contribution in [0.15, 0.2) is 6.07 Å². The fourth-order valence-corrected chi connectivity index (χ4v) is 3.08. The standard InChI is InChI=1S/C16H26N4O/c1-16(2,3)20-14(12-4-5-12)8-13(18-20)15(21)19-7-6-11(9-17)10-19/h8,11-12H,4-7,9-10,17H2,1-3H3. The lowest BCUT2D eigenvalue weighted by Crippen LogP contribution is -2.31. The molecule has 1 aliphatic carbocycles. The second-order valence-electron chi connectivity index (χ2n) is 7.45. The van der Waals surface area contributed by atoms with Gasteiger partial charge in [0.1, 0.15) is 0 Å². The van der Waals surface area contributed by atoms with E-state index in [0.29, 0.717) is 24.1 Å². The van der Waals surface area contributed by atoms with Crippen LogP contribution in [-0.4, -0.2) is 40.2 Å². The lowest BCUT2D eigenvalue weighted by molar-refractivity contribution is 0.0780. The van der Waals surface area contributed by atoms with Gasteiger partial charge in [0.15, 0.2) is 5.69 Å². The Morgan fingerprint density at radius 3 is 2.62 bits per heavy atom. The minimum Gasteiger partial charge on any atom is -0.337 e. The number of carbonyl (C=O) groups excluding carboxylic acids is 1. The Morgan fingerprint density at radius 1 is 1.38 bits per heavy atom. The second kappa shape index (κ2) is 5.13. The van der Waals surface area contributed by atoms with E-state index >= 15 is 0 Å². The molecule has 1 saturated carbocycles. The molecule has 3 rings (SSSR count). The third kappa shape index (κ3) is 2.84. The molecule has 1 saturated heterocycles. The fourth-order valence-electron chi connectivity index (χ4n) is 3.08. The number of nitrogens with zero attached hydrogens (tertiary/aromatic N) is 3. The van der Waals surface area contributed by atoms with Crippen LogP contribution < -0.4 is 5.73 Å². The van der Waals surface area contributed by atoms with Gasteiger partial charge in [-0.3, -0.25) is 9.48 Å². The van der Waals surface area contributed by atoms with Gasteiger partial charge in [-0.25, -0.2) is 0 Å². The van der Waals surface area contributed by atoms with Crippen LogP contribution in [0.1, 0.15) is 62.1 Å². The highest BCUT2D eigenvalue weighted by atomic mass is 16.2. The minimum absolute atomic E-state index is 0.0656. The van der Waals surface area contributed by atoms with E-state index in [9.17, 15) is 4.79 Å². The summed E-state index contributed by atoms with van der Waals surface area (Å²) in [6.07, 6.45) is 3.44. The average Bonchev–Trinajstić information content (AvgIpc) is 3.01. The zero-order valence-electron chi connectivity index (χ0n) is 13.3. The molecule has 0 spiro atoms. The molecule has 21 heavy (non-hydrogen) atoms. The number of aromatic nitrogens is 2. The van der Waals surface area contributed by atoms with E-state index < -0.39 is 0 Å². The molecule has 1 unspecified atom stereocenters. The third-order valence-electron chi connectivity index (χ3n) is 4.49. The summed E-state index contributed by atoms with van der Waals surface area (Å²) in [5.74, 6) is 1.10. The number of hydrogen-bond donors (Lipinski definition) is 1. The van der Waals surface area contributed by atoms with Crippen molar-refractivity contribution in [3.63, 3.8) is 0 Å². The molecule has 0 radical (unpaired) electrons. The monoisotopic (exact) mass is 290 g/mol. The number of amides is 1. The van der Waals surface area contributed by atoms with E-state index in [1.807, 2.05) is 15.6 Å². The summed E-state index contributed by atoms with van der Waals surface area (Å²) in [6, 6.07) is 2.01. The predicted octanol–water partition coefficient (Wildman–Crippen LogP) is 1.94. The number of hydrogen-bond acceptors (Lipinski definition) is 3. The van der Waals surface area contributed by atoms with E-state index in [0.717, 1.165) is 19.5 Å². The first-order valence-corrected chi connectivity index (χ1v) is 8.00. The van der Waals surface area contributed by atoms with Gasteiger partial charge in [-0.05, 0) is 58.6 Å². The molecular formula is C16H26N4O. The molecule has 5 nitrogen and oxygen atoms in total. The Balaban J connectivity index is 1.84. The van der Waals surface area contributed by atoms with Crippen molar-refractivity contribution in [1.82, 2.24) is 14.7 Å². The van der Waals surface area contributed by atoms with Gasteiger partial charge in [0.25, 0.3) is 5.91 Å². The summed E-state index contributed by atoms with van der Waals surface area (Å²) in [5, 5.41) is 4.63. The van der Waals surface area contributed by atoms with Crippen LogP contribution in [0.2, 0.25) is 0 Å². The second-order valence-corrected chi connectivity index (χ2v) is 7.45. The molecule has 2 fully saturated rings. The maximum atomic E-state index is 12.7. The first-order valence-electron chi connectivity index (χ1n) is 8.00. The molecular weight excluding hydrogens is 264 g/mol. The van der Waals surface area contributed by atoms with E-state index in [4.69, 9.17) is 5.73 Å². The van der Waals surface area contributed by atoms with Crippen molar-refractivity contribution in [3.05, 3.63) is 17.5 Å². The van der Waals surface area contributed by atoms with Crippen LogP contribution in [0.3, 0.4) is 0 Å². The molecule has 2 N–H and O–H groups in total. The van der Waals surface area contributed by atoms with Gasteiger partial charge in [-0.2, -0.15) is 5.10 Å². The van der Waals surface area contributed by atoms with Gasteiger partial charge in [-0.1, -0.05) is 0 Å². The first-order chi connectivity index (χ1) is 9.90. The Labute approximate surface area is 126 Å².